The minimum atomic E-state index is -0.364. The molecule has 0 bridgehead atoms. The van der Waals surface area contributed by atoms with Crippen LogP contribution in [-0.2, 0) is 14.9 Å². The molecule has 2 aliphatic rings. The molecule has 1 heterocycles. The quantitative estimate of drug-likeness (QED) is 0.842. The molecule has 1 saturated carbocycles. The average molecular weight is 365 g/mol. The van der Waals surface area contributed by atoms with Gasteiger partial charge in [-0.1, -0.05) is 44.0 Å². The summed E-state index contributed by atoms with van der Waals surface area (Å²) in [5.41, 5.74) is 0.727. The molecule has 0 radical (unpaired) electrons. The van der Waals surface area contributed by atoms with E-state index in [0.717, 1.165) is 51.1 Å². The first-order valence-electron chi connectivity index (χ1n) is 9.39. The number of halogens is 1. The molecule has 1 atom stereocenters. The fraction of sp³-hybridized carbons (Fsp3) is 0.650. The molecule has 3 rings (SSSR count). The molecule has 1 aromatic carbocycles. The van der Waals surface area contributed by atoms with E-state index in [9.17, 15) is 4.79 Å². The standard InChI is InChI=1S/C20H29ClN2O2/c1-15(2)18(23-10-12-25-13-11-23)14-22-19(24)20(8-3-9-20)16-4-6-17(21)7-5-16/h4-7,15,18H,3,8-14H2,1-2H3,(H,22,24). The van der Waals surface area contributed by atoms with Crippen LogP contribution in [0.1, 0.15) is 38.7 Å². The number of benzene rings is 1. The third-order valence-corrected chi connectivity index (χ3v) is 6.05. The minimum Gasteiger partial charge on any atom is -0.379 e. The number of hydrogen-bond donors (Lipinski definition) is 1. The van der Waals surface area contributed by atoms with Crippen LogP contribution in [0.5, 0.6) is 0 Å². The molecular formula is C20H29ClN2O2. The first kappa shape index (κ1) is 18.7. The SMILES string of the molecule is CC(C)C(CNC(=O)C1(c2ccc(Cl)cc2)CCC1)N1CCOCC1. The summed E-state index contributed by atoms with van der Waals surface area (Å²) in [7, 11) is 0. The number of morpholine rings is 1. The van der Waals surface area contributed by atoms with E-state index >= 15 is 0 Å². The number of carbonyl (C=O) groups excluding carboxylic acids is 1. The zero-order valence-corrected chi connectivity index (χ0v) is 16.0. The Morgan fingerprint density at radius 1 is 1.24 bits per heavy atom. The van der Waals surface area contributed by atoms with Gasteiger partial charge in [-0.25, -0.2) is 0 Å². The second-order valence-corrected chi connectivity index (χ2v) is 8.05. The van der Waals surface area contributed by atoms with Crippen LogP contribution in [0.3, 0.4) is 0 Å². The van der Waals surface area contributed by atoms with E-state index in [0.29, 0.717) is 23.5 Å². The van der Waals surface area contributed by atoms with Crippen molar-refractivity contribution in [2.45, 2.75) is 44.6 Å². The number of amides is 1. The molecule has 0 spiro atoms. The summed E-state index contributed by atoms with van der Waals surface area (Å²) in [6.45, 7) is 8.61. The van der Waals surface area contributed by atoms with Crippen molar-refractivity contribution in [2.75, 3.05) is 32.8 Å². The van der Waals surface area contributed by atoms with Crippen molar-refractivity contribution in [1.29, 1.82) is 0 Å². The number of carbonyl (C=O) groups is 1. The largest absolute Gasteiger partial charge is 0.379 e. The highest BCUT2D eigenvalue weighted by atomic mass is 35.5. The Morgan fingerprint density at radius 2 is 1.88 bits per heavy atom. The maximum atomic E-state index is 13.1. The second kappa shape index (κ2) is 8.07. The van der Waals surface area contributed by atoms with Gasteiger partial charge in [0.25, 0.3) is 0 Å². The Bertz CT molecular complexity index is 578. The van der Waals surface area contributed by atoms with Crippen molar-refractivity contribution >= 4 is 17.5 Å². The zero-order valence-electron chi connectivity index (χ0n) is 15.3. The maximum Gasteiger partial charge on any atom is 0.230 e. The van der Waals surface area contributed by atoms with Gasteiger partial charge in [0.15, 0.2) is 0 Å². The molecule has 0 aromatic heterocycles. The molecule has 4 nitrogen and oxygen atoms in total. The van der Waals surface area contributed by atoms with Crippen molar-refractivity contribution in [3.63, 3.8) is 0 Å². The van der Waals surface area contributed by atoms with Gasteiger partial charge in [-0.05, 0) is 36.5 Å². The molecule has 1 N–H and O–H groups in total. The Balaban J connectivity index is 1.66. The lowest BCUT2D eigenvalue weighted by atomic mass is 9.64. The summed E-state index contributed by atoms with van der Waals surface area (Å²) in [5, 5.41) is 3.98. The lowest BCUT2D eigenvalue weighted by Gasteiger charge is -2.42. The average Bonchev–Trinajstić information content (AvgIpc) is 2.56. The predicted molar refractivity (Wildman–Crippen MR) is 101 cm³/mol. The van der Waals surface area contributed by atoms with Crippen LogP contribution in [0.25, 0.3) is 0 Å². The highest BCUT2D eigenvalue weighted by Gasteiger charge is 2.45. The molecule has 138 valence electrons. The van der Waals surface area contributed by atoms with Gasteiger partial charge in [0.1, 0.15) is 0 Å². The molecule has 1 unspecified atom stereocenters. The van der Waals surface area contributed by atoms with Crippen LogP contribution < -0.4 is 5.32 Å². The lowest BCUT2D eigenvalue weighted by Crippen LogP contribution is -2.55. The van der Waals surface area contributed by atoms with Gasteiger partial charge >= 0.3 is 0 Å². The van der Waals surface area contributed by atoms with E-state index in [4.69, 9.17) is 16.3 Å². The molecule has 2 fully saturated rings. The topological polar surface area (TPSA) is 41.6 Å². The van der Waals surface area contributed by atoms with Crippen molar-refractivity contribution < 1.29 is 9.53 Å². The fourth-order valence-corrected chi connectivity index (χ4v) is 4.13. The number of nitrogens with zero attached hydrogens (tertiary/aromatic N) is 1. The van der Waals surface area contributed by atoms with E-state index in [2.05, 4.69) is 24.1 Å². The molecule has 1 aromatic rings. The van der Waals surface area contributed by atoms with E-state index in [1.54, 1.807) is 0 Å². The molecule has 5 heteroatoms. The van der Waals surface area contributed by atoms with Gasteiger partial charge in [0, 0.05) is 30.7 Å². The maximum absolute atomic E-state index is 13.1. The van der Waals surface area contributed by atoms with E-state index in [1.807, 2.05) is 24.3 Å². The van der Waals surface area contributed by atoms with Crippen LogP contribution in [0.4, 0.5) is 0 Å². The number of rotatable bonds is 6. The van der Waals surface area contributed by atoms with Crippen LogP contribution in [0, 0.1) is 5.92 Å². The van der Waals surface area contributed by atoms with Gasteiger partial charge in [-0.15, -0.1) is 0 Å². The first-order valence-corrected chi connectivity index (χ1v) is 9.77. The Hall–Kier alpha value is -1.10. The van der Waals surface area contributed by atoms with Gasteiger partial charge in [0.05, 0.1) is 18.6 Å². The third kappa shape index (κ3) is 4.02. The van der Waals surface area contributed by atoms with Gasteiger partial charge in [0.2, 0.25) is 5.91 Å². The summed E-state index contributed by atoms with van der Waals surface area (Å²) in [6.07, 6.45) is 2.95. The Morgan fingerprint density at radius 3 is 2.40 bits per heavy atom. The number of ether oxygens (including phenoxy) is 1. The monoisotopic (exact) mass is 364 g/mol. The van der Waals surface area contributed by atoms with E-state index in [-0.39, 0.29) is 11.3 Å². The Labute approximate surface area is 155 Å². The molecule has 1 amide bonds. The van der Waals surface area contributed by atoms with Crippen molar-refractivity contribution in [3.05, 3.63) is 34.9 Å². The van der Waals surface area contributed by atoms with Gasteiger partial charge < -0.3 is 10.1 Å². The fourth-order valence-electron chi connectivity index (χ4n) is 4.01. The lowest BCUT2D eigenvalue weighted by molar-refractivity contribution is -0.130. The zero-order chi connectivity index (χ0) is 17.9. The second-order valence-electron chi connectivity index (χ2n) is 7.61. The van der Waals surface area contributed by atoms with Crippen LogP contribution >= 0.6 is 11.6 Å². The smallest absolute Gasteiger partial charge is 0.230 e. The van der Waals surface area contributed by atoms with Crippen LogP contribution in [0.2, 0.25) is 5.02 Å². The molecule has 1 aliphatic carbocycles. The van der Waals surface area contributed by atoms with E-state index in [1.165, 1.54) is 0 Å². The highest BCUT2D eigenvalue weighted by Crippen LogP contribution is 2.44. The van der Waals surface area contributed by atoms with E-state index < -0.39 is 0 Å². The number of hydrogen-bond acceptors (Lipinski definition) is 3. The normalized spacial score (nSPS) is 21.6. The summed E-state index contributed by atoms with van der Waals surface area (Å²) in [4.78, 5) is 15.5. The predicted octanol–water partition coefficient (Wildman–Crippen LogP) is 3.23. The van der Waals surface area contributed by atoms with Gasteiger partial charge in [-0.3, -0.25) is 9.69 Å². The van der Waals surface area contributed by atoms with Crippen LogP contribution in [0.15, 0.2) is 24.3 Å². The van der Waals surface area contributed by atoms with Gasteiger partial charge in [-0.2, -0.15) is 0 Å². The van der Waals surface area contributed by atoms with Crippen molar-refractivity contribution in [3.8, 4) is 0 Å². The van der Waals surface area contributed by atoms with Crippen molar-refractivity contribution in [1.82, 2.24) is 10.2 Å². The summed E-state index contributed by atoms with van der Waals surface area (Å²) >= 11 is 6.01. The summed E-state index contributed by atoms with van der Waals surface area (Å²) in [6, 6.07) is 8.13. The summed E-state index contributed by atoms with van der Waals surface area (Å²) in [5.74, 6) is 0.659. The minimum absolute atomic E-state index is 0.167. The first-order chi connectivity index (χ1) is 12.0. The highest BCUT2D eigenvalue weighted by molar-refractivity contribution is 6.30. The molecular weight excluding hydrogens is 336 g/mol. The molecule has 1 aliphatic heterocycles. The molecule has 25 heavy (non-hydrogen) atoms. The van der Waals surface area contributed by atoms with Crippen molar-refractivity contribution in [2.24, 2.45) is 5.92 Å². The third-order valence-electron chi connectivity index (χ3n) is 5.79. The summed E-state index contributed by atoms with van der Waals surface area (Å²) < 4.78 is 5.46. The Kier molecular flexibility index (Phi) is 6.03. The van der Waals surface area contributed by atoms with Crippen LogP contribution in [-0.4, -0.2) is 49.7 Å². The molecule has 1 saturated heterocycles. The number of nitrogens with one attached hydrogen (secondary N) is 1.